The van der Waals surface area contributed by atoms with E-state index in [1.54, 1.807) is 12.1 Å². The molecule has 3 heterocycles. The Morgan fingerprint density at radius 1 is 1.00 bits per heavy atom. The lowest BCUT2D eigenvalue weighted by Gasteiger charge is -2.45. The van der Waals surface area contributed by atoms with Gasteiger partial charge in [0.2, 0.25) is 11.9 Å². The van der Waals surface area contributed by atoms with Crippen molar-refractivity contribution in [2.24, 2.45) is 21.5 Å². The van der Waals surface area contributed by atoms with Crippen molar-refractivity contribution in [3.8, 4) is 5.69 Å². The van der Waals surface area contributed by atoms with Gasteiger partial charge in [0.15, 0.2) is 5.69 Å². The molecule has 2 aromatic heterocycles. The first kappa shape index (κ1) is 19.5. The van der Waals surface area contributed by atoms with Crippen molar-refractivity contribution in [3.05, 3.63) is 59.0 Å². The second-order valence-corrected chi connectivity index (χ2v) is 8.45. The van der Waals surface area contributed by atoms with Gasteiger partial charge >= 0.3 is 5.63 Å². The number of nitrogens with two attached hydrogens (primary N) is 2. The molecule has 1 fully saturated rings. The highest BCUT2D eigenvalue weighted by molar-refractivity contribution is 6.06. The van der Waals surface area contributed by atoms with Crippen LogP contribution in [0.15, 0.2) is 67.7 Å². The largest absolute Gasteiger partial charge is 0.421 e. The lowest BCUT2D eigenvalue weighted by Crippen LogP contribution is -2.58. The molecule has 10 heteroatoms. The highest BCUT2D eigenvalue weighted by Crippen LogP contribution is 2.40. The van der Waals surface area contributed by atoms with Gasteiger partial charge in [0.05, 0.1) is 11.2 Å². The molecule has 166 valence electrons. The zero-order chi connectivity index (χ0) is 22.6. The van der Waals surface area contributed by atoms with Crippen LogP contribution in [0.5, 0.6) is 0 Å². The van der Waals surface area contributed by atoms with E-state index in [0.29, 0.717) is 16.8 Å². The van der Waals surface area contributed by atoms with Crippen molar-refractivity contribution in [3.63, 3.8) is 0 Å². The quantitative estimate of drug-likeness (QED) is 0.455. The lowest BCUT2D eigenvalue weighted by atomic mass is 9.87. The number of fused-ring (bicyclic) bond motifs is 2. The fraction of sp³-hybridized carbons (Fsp3) is 0.261. The SMILES string of the molecule is NC1=NC2(CCCCC2)N(c2ccc3cc(-n4nnc5ccccc54)c(=O)oc3c2)C(N)=N1. The van der Waals surface area contributed by atoms with Gasteiger partial charge in [-0.25, -0.2) is 14.5 Å². The molecule has 0 radical (unpaired) electrons. The van der Waals surface area contributed by atoms with Crippen LogP contribution in [0.4, 0.5) is 5.69 Å². The Bertz CT molecular complexity index is 1510. The second-order valence-electron chi connectivity index (χ2n) is 8.45. The van der Waals surface area contributed by atoms with E-state index in [1.807, 2.05) is 41.3 Å². The van der Waals surface area contributed by atoms with E-state index >= 15 is 0 Å². The first-order valence-corrected chi connectivity index (χ1v) is 10.9. The Morgan fingerprint density at radius 3 is 2.67 bits per heavy atom. The molecular weight excluding hydrogens is 420 g/mol. The summed E-state index contributed by atoms with van der Waals surface area (Å²) in [5.74, 6) is 0.486. The third-order valence-corrected chi connectivity index (χ3v) is 6.39. The molecular formula is C23H22N8O2. The van der Waals surface area contributed by atoms with Crippen LogP contribution >= 0.6 is 0 Å². The molecule has 4 aromatic rings. The topological polar surface area (TPSA) is 141 Å². The van der Waals surface area contributed by atoms with Crippen LogP contribution in [0.1, 0.15) is 32.1 Å². The summed E-state index contributed by atoms with van der Waals surface area (Å²) in [5, 5.41) is 9.02. The van der Waals surface area contributed by atoms with Gasteiger partial charge in [0.1, 0.15) is 16.8 Å². The maximum Gasteiger partial charge on any atom is 0.362 e. The predicted octanol–water partition coefficient (Wildman–Crippen LogP) is 2.64. The van der Waals surface area contributed by atoms with Gasteiger partial charge in [-0.2, -0.15) is 4.99 Å². The second kappa shape index (κ2) is 7.16. The summed E-state index contributed by atoms with van der Waals surface area (Å²) in [7, 11) is 0. The van der Waals surface area contributed by atoms with E-state index in [0.717, 1.165) is 48.7 Å². The van der Waals surface area contributed by atoms with E-state index in [9.17, 15) is 4.79 Å². The summed E-state index contributed by atoms with van der Waals surface area (Å²) in [6.07, 6.45) is 4.85. The van der Waals surface area contributed by atoms with Crippen LogP contribution in [-0.4, -0.2) is 32.6 Å². The number of hydrogen-bond donors (Lipinski definition) is 2. The van der Waals surface area contributed by atoms with Crippen molar-refractivity contribution in [2.45, 2.75) is 37.8 Å². The summed E-state index contributed by atoms with van der Waals surface area (Å²) in [6, 6.07) is 14.8. The number of anilines is 1. The molecule has 6 rings (SSSR count). The van der Waals surface area contributed by atoms with E-state index < -0.39 is 11.3 Å². The molecule has 0 unspecified atom stereocenters. The molecule has 1 spiro atoms. The van der Waals surface area contributed by atoms with E-state index in [1.165, 1.54) is 4.68 Å². The Kier molecular flexibility index (Phi) is 4.22. The Morgan fingerprint density at radius 2 is 1.82 bits per heavy atom. The Labute approximate surface area is 188 Å². The van der Waals surface area contributed by atoms with Gasteiger partial charge in [-0.05, 0) is 56.0 Å². The average Bonchev–Trinajstić information content (AvgIpc) is 3.22. The molecule has 33 heavy (non-hydrogen) atoms. The van der Waals surface area contributed by atoms with Crippen LogP contribution in [0.25, 0.3) is 27.7 Å². The molecule has 0 amide bonds. The van der Waals surface area contributed by atoms with Crippen LogP contribution < -0.4 is 22.0 Å². The third kappa shape index (κ3) is 3.05. The van der Waals surface area contributed by atoms with Gasteiger partial charge in [0.25, 0.3) is 0 Å². The van der Waals surface area contributed by atoms with Crippen LogP contribution in [0.3, 0.4) is 0 Å². The van der Waals surface area contributed by atoms with E-state index in [2.05, 4.69) is 15.3 Å². The normalized spacial score (nSPS) is 18.0. The monoisotopic (exact) mass is 442 g/mol. The molecule has 2 aromatic carbocycles. The minimum Gasteiger partial charge on any atom is -0.421 e. The standard InChI is InChI=1S/C23H22N8O2/c24-21-26-22(25)30(23(27-21)10-4-1-5-11-23)15-9-8-14-12-18(20(32)33-19(14)13-15)31-17-7-3-2-6-16(17)28-29-31/h2-3,6-9,12-13H,1,4-5,10-11H2,(H4,24,25,26,27). The minimum absolute atomic E-state index is 0.197. The van der Waals surface area contributed by atoms with Gasteiger partial charge in [0, 0.05) is 11.5 Å². The maximum atomic E-state index is 12.9. The Hall–Kier alpha value is -4.21. The molecule has 1 aliphatic heterocycles. The number of rotatable bonds is 2. The van der Waals surface area contributed by atoms with Crippen molar-refractivity contribution in [1.29, 1.82) is 0 Å². The van der Waals surface area contributed by atoms with Crippen LogP contribution in [-0.2, 0) is 0 Å². The molecule has 1 saturated carbocycles. The summed E-state index contributed by atoms with van der Waals surface area (Å²) < 4.78 is 7.22. The smallest absolute Gasteiger partial charge is 0.362 e. The highest BCUT2D eigenvalue weighted by Gasteiger charge is 2.42. The van der Waals surface area contributed by atoms with Gasteiger partial charge in [-0.15, -0.1) is 5.10 Å². The highest BCUT2D eigenvalue weighted by atomic mass is 16.4. The third-order valence-electron chi connectivity index (χ3n) is 6.39. The summed E-state index contributed by atoms with van der Waals surface area (Å²) >= 11 is 0. The number of benzene rings is 2. The number of aromatic nitrogens is 3. The summed E-state index contributed by atoms with van der Waals surface area (Å²) in [6.45, 7) is 0. The van der Waals surface area contributed by atoms with Crippen molar-refractivity contribution < 1.29 is 4.42 Å². The lowest BCUT2D eigenvalue weighted by molar-refractivity contribution is 0.305. The van der Waals surface area contributed by atoms with Gasteiger partial charge < -0.3 is 15.9 Å². The van der Waals surface area contributed by atoms with Gasteiger partial charge in [-0.1, -0.05) is 23.8 Å². The first-order valence-electron chi connectivity index (χ1n) is 10.9. The van der Waals surface area contributed by atoms with Crippen molar-refractivity contribution in [1.82, 2.24) is 15.0 Å². The molecule has 10 nitrogen and oxygen atoms in total. The Balaban J connectivity index is 1.46. The zero-order valence-electron chi connectivity index (χ0n) is 17.8. The maximum absolute atomic E-state index is 12.9. The molecule has 4 N–H and O–H groups in total. The number of aliphatic imine (C=N–C) groups is 2. The molecule has 0 saturated heterocycles. The minimum atomic E-state index is -0.568. The van der Waals surface area contributed by atoms with Crippen molar-refractivity contribution in [2.75, 3.05) is 4.90 Å². The van der Waals surface area contributed by atoms with Crippen molar-refractivity contribution >= 4 is 39.6 Å². The molecule has 0 atom stereocenters. The molecule has 1 aliphatic carbocycles. The number of nitrogens with zero attached hydrogens (tertiary/aromatic N) is 6. The number of para-hydroxylation sites is 1. The van der Waals surface area contributed by atoms with E-state index in [-0.39, 0.29) is 11.9 Å². The molecule has 2 aliphatic rings. The van der Waals surface area contributed by atoms with Crippen LogP contribution in [0, 0.1) is 0 Å². The summed E-state index contributed by atoms with van der Waals surface area (Å²) in [5.41, 5.74) is 14.1. The number of guanidine groups is 2. The number of hydrogen-bond acceptors (Lipinski definition) is 9. The fourth-order valence-electron chi connectivity index (χ4n) is 4.92. The fourth-order valence-corrected chi connectivity index (χ4v) is 4.92. The molecule has 0 bridgehead atoms. The first-order chi connectivity index (χ1) is 16.0. The average molecular weight is 442 g/mol. The zero-order valence-corrected chi connectivity index (χ0v) is 17.8. The van der Waals surface area contributed by atoms with Crippen LogP contribution in [0.2, 0.25) is 0 Å². The van der Waals surface area contributed by atoms with E-state index in [4.69, 9.17) is 20.9 Å². The predicted molar refractivity (Wildman–Crippen MR) is 126 cm³/mol. The summed E-state index contributed by atoms with van der Waals surface area (Å²) in [4.78, 5) is 23.7. The van der Waals surface area contributed by atoms with Gasteiger partial charge in [-0.3, -0.25) is 4.90 Å².